The molecule has 1 fully saturated rings. The third-order valence-corrected chi connectivity index (χ3v) is 5.19. The van der Waals surface area contributed by atoms with Crippen LogP contribution in [0.15, 0.2) is 0 Å². The van der Waals surface area contributed by atoms with Crippen molar-refractivity contribution in [3.8, 4) is 0 Å². The van der Waals surface area contributed by atoms with E-state index >= 15 is 0 Å². The van der Waals surface area contributed by atoms with Gasteiger partial charge in [-0.15, -0.1) is 0 Å². The van der Waals surface area contributed by atoms with Crippen molar-refractivity contribution < 1.29 is 13.5 Å². The highest BCUT2D eigenvalue weighted by atomic mass is 32.2. The molecule has 0 aromatic heterocycles. The summed E-state index contributed by atoms with van der Waals surface area (Å²) in [7, 11) is -3.17. The summed E-state index contributed by atoms with van der Waals surface area (Å²) >= 11 is 0. The topological polar surface area (TPSA) is 57.6 Å². The van der Waals surface area contributed by atoms with Gasteiger partial charge in [-0.2, -0.15) is 0 Å². The van der Waals surface area contributed by atoms with E-state index in [1.165, 1.54) is 4.31 Å². The number of nitrogens with zero attached hydrogens (tertiary/aromatic N) is 1. The highest BCUT2D eigenvalue weighted by Gasteiger charge is 2.34. The first-order chi connectivity index (χ1) is 7.02. The largest absolute Gasteiger partial charge is 0.390 e. The molecular formula is C11H23NO3S. The Morgan fingerprint density at radius 2 is 1.69 bits per heavy atom. The predicted octanol–water partition coefficient (Wildman–Crippen LogP) is 1.21. The second-order valence-electron chi connectivity index (χ2n) is 6.21. The van der Waals surface area contributed by atoms with Crippen molar-refractivity contribution in [2.75, 3.05) is 18.8 Å². The van der Waals surface area contributed by atoms with E-state index in [1.807, 2.05) is 20.8 Å². The third kappa shape index (κ3) is 4.03. The molecular weight excluding hydrogens is 226 g/mol. The van der Waals surface area contributed by atoms with Crippen LogP contribution in [0.3, 0.4) is 0 Å². The fraction of sp³-hybridized carbons (Fsp3) is 1.00. The lowest BCUT2D eigenvalue weighted by atomic mass is 9.95. The van der Waals surface area contributed by atoms with Crippen molar-refractivity contribution in [2.45, 2.75) is 46.1 Å². The Morgan fingerprint density at radius 1 is 1.25 bits per heavy atom. The molecule has 1 aliphatic heterocycles. The molecule has 0 aromatic carbocycles. The van der Waals surface area contributed by atoms with Gasteiger partial charge in [-0.1, -0.05) is 20.8 Å². The highest BCUT2D eigenvalue weighted by molar-refractivity contribution is 7.89. The Labute approximate surface area is 98.7 Å². The summed E-state index contributed by atoms with van der Waals surface area (Å²) in [4.78, 5) is 0. The van der Waals surface area contributed by atoms with Crippen LogP contribution in [0.5, 0.6) is 0 Å². The van der Waals surface area contributed by atoms with Crippen LogP contribution in [0.25, 0.3) is 0 Å². The summed E-state index contributed by atoms with van der Waals surface area (Å²) < 4.78 is 25.6. The lowest BCUT2D eigenvalue weighted by Crippen LogP contribution is -2.47. The quantitative estimate of drug-likeness (QED) is 0.800. The Morgan fingerprint density at radius 3 is 2.06 bits per heavy atom. The van der Waals surface area contributed by atoms with Crippen molar-refractivity contribution in [3.05, 3.63) is 0 Å². The van der Waals surface area contributed by atoms with Crippen molar-refractivity contribution in [3.63, 3.8) is 0 Å². The molecule has 0 saturated carbocycles. The van der Waals surface area contributed by atoms with Crippen LogP contribution < -0.4 is 0 Å². The van der Waals surface area contributed by atoms with Gasteiger partial charge in [0, 0.05) is 13.1 Å². The molecule has 0 aliphatic carbocycles. The molecule has 1 aliphatic rings. The molecule has 0 spiro atoms. The zero-order valence-electron chi connectivity index (χ0n) is 10.7. The number of rotatable bonds is 2. The van der Waals surface area contributed by atoms with Gasteiger partial charge in [0.05, 0.1) is 11.4 Å². The zero-order chi connectivity index (χ0) is 12.6. The minimum absolute atomic E-state index is 0.169. The molecule has 0 unspecified atom stereocenters. The van der Waals surface area contributed by atoms with Crippen molar-refractivity contribution in [1.29, 1.82) is 0 Å². The van der Waals surface area contributed by atoms with Gasteiger partial charge in [-0.3, -0.25) is 0 Å². The first-order valence-corrected chi connectivity index (χ1v) is 7.33. The number of piperidine rings is 1. The van der Waals surface area contributed by atoms with Crippen LogP contribution in [0.1, 0.15) is 40.5 Å². The second kappa shape index (κ2) is 4.27. The smallest absolute Gasteiger partial charge is 0.214 e. The fourth-order valence-corrected chi connectivity index (χ4v) is 3.90. The average Bonchev–Trinajstić information content (AvgIpc) is 1.98. The summed E-state index contributed by atoms with van der Waals surface area (Å²) in [5.41, 5.74) is -0.924. The molecule has 5 heteroatoms. The van der Waals surface area contributed by atoms with E-state index in [9.17, 15) is 13.5 Å². The molecule has 1 rings (SSSR count). The standard InChI is InChI=1S/C11H23NO3S/c1-10(2,3)9-16(14,15)12-7-5-11(4,13)6-8-12/h13H,5-9H2,1-4H3. The van der Waals surface area contributed by atoms with Crippen LogP contribution in [0, 0.1) is 5.41 Å². The van der Waals surface area contributed by atoms with E-state index in [1.54, 1.807) is 6.92 Å². The van der Waals surface area contributed by atoms with E-state index in [0.29, 0.717) is 25.9 Å². The summed E-state index contributed by atoms with van der Waals surface area (Å²) in [6.45, 7) is 8.40. The Balaban J connectivity index is 2.66. The maximum atomic E-state index is 12.1. The molecule has 0 bridgehead atoms. The van der Waals surface area contributed by atoms with Gasteiger partial charge in [0.15, 0.2) is 0 Å². The molecule has 4 nitrogen and oxygen atoms in total. The monoisotopic (exact) mass is 249 g/mol. The van der Waals surface area contributed by atoms with Crippen molar-refractivity contribution >= 4 is 10.0 Å². The number of hydrogen-bond donors (Lipinski definition) is 1. The number of hydrogen-bond acceptors (Lipinski definition) is 3. The molecule has 0 aromatic rings. The molecule has 1 saturated heterocycles. The molecule has 0 radical (unpaired) electrons. The van der Waals surface area contributed by atoms with E-state index in [-0.39, 0.29) is 11.2 Å². The third-order valence-electron chi connectivity index (χ3n) is 2.81. The lowest BCUT2D eigenvalue weighted by Gasteiger charge is -2.36. The SMILES string of the molecule is CC(C)(C)CS(=O)(=O)N1CCC(C)(O)CC1. The van der Waals surface area contributed by atoms with Gasteiger partial charge >= 0.3 is 0 Å². The van der Waals surface area contributed by atoms with Gasteiger partial charge < -0.3 is 5.11 Å². The molecule has 16 heavy (non-hydrogen) atoms. The minimum Gasteiger partial charge on any atom is -0.390 e. The summed E-state index contributed by atoms with van der Waals surface area (Å²) in [5.74, 6) is 0.169. The zero-order valence-corrected chi connectivity index (χ0v) is 11.5. The Kier molecular flexibility index (Phi) is 3.72. The van der Waals surface area contributed by atoms with Crippen LogP contribution in [0.2, 0.25) is 0 Å². The van der Waals surface area contributed by atoms with Gasteiger partial charge in [-0.05, 0) is 25.2 Å². The first-order valence-electron chi connectivity index (χ1n) is 5.72. The minimum atomic E-state index is -3.17. The predicted molar refractivity (Wildman–Crippen MR) is 64.7 cm³/mol. The van der Waals surface area contributed by atoms with E-state index in [2.05, 4.69) is 0 Å². The van der Waals surface area contributed by atoms with Gasteiger partial charge in [0.2, 0.25) is 10.0 Å². The lowest BCUT2D eigenvalue weighted by molar-refractivity contribution is 0.0125. The molecule has 1 heterocycles. The van der Waals surface area contributed by atoms with E-state index in [0.717, 1.165) is 0 Å². The van der Waals surface area contributed by atoms with Crippen LogP contribution in [0.4, 0.5) is 0 Å². The van der Waals surface area contributed by atoms with Gasteiger partial charge in [0.1, 0.15) is 0 Å². The van der Waals surface area contributed by atoms with Crippen LogP contribution in [-0.4, -0.2) is 42.3 Å². The van der Waals surface area contributed by atoms with E-state index in [4.69, 9.17) is 0 Å². The second-order valence-corrected chi connectivity index (χ2v) is 8.18. The normalized spacial score (nSPS) is 23.3. The maximum Gasteiger partial charge on any atom is 0.214 e. The molecule has 0 atom stereocenters. The average molecular weight is 249 g/mol. The molecule has 1 N–H and O–H groups in total. The van der Waals surface area contributed by atoms with Gasteiger partial charge in [-0.25, -0.2) is 12.7 Å². The van der Waals surface area contributed by atoms with Crippen LogP contribution in [-0.2, 0) is 10.0 Å². The highest BCUT2D eigenvalue weighted by Crippen LogP contribution is 2.25. The summed E-state index contributed by atoms with van der Waals surface area (Å²) in [6, 6.07) is 0. The number of sulfonamides is 1. The Hall–Kier alpha value is -0.130. The first kappa shape index (κ1) is 13.9. The molecule has 96 valence electrons. The van der Waals surface area contributed by atoms with Crippen molar-refractivity contribution in [1.82, 2.24) is 4.31 Å². The molecule has 0 amide bonds. The fourth-order valence-electron chi connectivity index (χ4n) is 1.88. The van der Waals surface area contributed by atoms with E-state index < -0.39 is 15.6 Å². The van der Waals surface area contributed by atoms with Crippen LogP contribution >= 0.6 is 0 Å². The number of aliphatic hydroxyl groups is 1. The Bertz CT molecular complexity index is 331. The summed E-state index contributed by atoms with van der Waals surface area (Å²) in [6.07, 6.45) is 1.05. The van der Waals surface area contributed by atoms with Gasteiger partial charge in [0.25, 0.3) is 0 Å². The van der Waals surface area contributed by atoms with Crippen molar-refractivity contribution in [2.24, 2.45) is 5.41 Å². The summed E-state index contributed by atoms with van der Waals surface area (Å²) in [5, 5.41) is 9.77. The maximum absolute atomic E-state index is 12.1.